The first-order chi connectivity index (χ1) is 14.7. The summed E-state index contributed by atoms with van der Waals surface area (Å²) in [5, 5.41) is 19.0. The summed E-state index contributed by atoms with van der Waals surface area (Å²) in [7, 11) is 0. The quantitative estimate of drug-likeness (QED) is 0.650. The number of hydrogen-bond acceptors (Lipinski definition) is 6. The number of benzene rings is 2. The lowest BCUT2D eigenvalue weighted by Gasteiger charge is -2.21. The standard InChI is InChI=1S/C24H25N3O3/c1-17-12-24(27-9-8-21(15-27)29-11-10-28)22-7-6-20(13-23(22)26-17)30-16-19-4-2-18(14-25)3-5-19/h2-7,12-13,21,28H,8-11,15-16H2,1H3/t21-/m0/s1. The average molecular weight is 403 g/mol. The Bertz CT molecular complexity index is 1060. The van der Waals surface area contributed by atoms with E-state index >= 15 is 0 Å². The van der Waals surface area contributed by atoms with Gasteiger partial charge in [0, 0.05) is 35.9 Å². The number of aliphatic hydroxyl groups excluding tert-OH is 1. The fourth-order valence-electron chi connectivity index (χ4n) is 3.81. The highest BCUT2D eigenvalue weighted by atomic mass is 16.5. The zero-order chi connectivity index (χ0) is 20.9. The highest BCUT2D eigenvalue weighted by Gasteiger charge is 2.24. The molecule has 2 aromatic carbocycles. The van der Waals surface area contributed by atoms with Gasteiger partial charge in [0.25, 0.3) is 0 Å². The first-order valence-electron chi connectivity index (χ1n) is 10.2. The summed E-state index contributed by atoms with van der Waals surface area (Å²) >= 11 is 0. The number of anilines is 1. The molecule has 1 saturated heterocycles. The van der Waals surface area contributed by atoms with Gasteiger partial charge in [-0.3, -0.25) is 4.98 Å². The zero-order valence-corrected chi connectivity index (χ0v) is 17.0. The van der Waals surface area contributed by atoms with Crippen molar-refractivity contribution in [2.75, 3.05) is 31.2 Å². The third-order valence-corrected chi connectivity index (χ3v) is 5.31. The molecule has 1 N–H and O–H groups in total. The number of aryl methyl sites for hydroxylation is 1. The topological polar surface area (TPSA) is 78.6 Å². The number of nitrogens with zero attached hydrogens (tertiary/aromatic N) is 3. The normalized spacial score (nSPS) is 16.0. The number of ether oxygens (including phenoxy) is 2. The molecule has 4 rings (SSSR count). The number of rotatable bonds is 7. The van der Waals surface area contributed by atoms with Crippen molar-refractivity contribution in [3.8, 4) is 11.8 Å². The predicted molar refractivity (Wildman–Crippen MR) is 116 cm³/mol. The van der Waals surface area contributed by atoms with Crippen LogP contribution in [0, 0.1) is 18.3 Å². The number of aliphatic hydroxyl groups is 1. The molecule has 3 aromatic rings. The Morgan fingerprint density at radius 3 is 2.80 bits per heavy atom. The molecule has 0 radical (unpaired) electrons. The van der Waals surface area contributed by atoms with Crippen LogP contribution in [-0.2, 0) is 11.3 Å². The van der Waals surface area contributed by atoms with Crippen molar-refractivity contribution < 1.29 is 14.6 Å². The molecule has 0 saturated carbocycles. The smallest absolute Gasteiger partial charge is 0.122 e. The van der Waals surface area contributed by atoms with Gasteiger partial charge in [-0.1, -0.05) is 12.1 Å². The Hall–Kier alpha value is -3.14. The van der Waals surface area contributed by atoms with Gasteiger partial charge in [-0.15, -0.1) is 0 Å². The first kappa shape index (κ1) is 20.1. The van der Waals surface area contributed by atoms with Crippen LogP contribution < -0.4 is 9.64 Å². The minimum absolute atomic E-state index is 0.0546. The van der Waals surface area contributed by atoms with Gasteiger partial charge < -0.3 is 19.5 Å². The Kier molecular flexibility index (Phi) is 6.12. The molecule has 1 atom stereocenters. The van der Waals surface area contributed by atoms with Crippen LogP contribution in [0.1, 0.15) is 23.2 Å². The molecule has 0 unspecified atom stereocenters. The van der Waals surface area contributed by atoms with Crippen molar-refractivity contribution in [3.63, 3.8) is 0 Å². The van der Waals surface area contributed by atoms with Crippen molar-refractivity contribution in [1.29, 1.82) is 5.26 Å². The lowest BCUT2D eigenvalue weighted by Crippen LogP contribution is -2.24. The summed E-state index contributed by atoms with van der Waals surface area (Å²) in [6.07, 6.45) is 1.10. The number of hydrogen-bond donors (Lipinski definition) is 1. The van der Waals surface area contributed by atoms with E-state index in [1.54, 1.807) is 12.1 Å². The number of pyridine rings is 1. The van der Waals surface area contributed by atoms with Crippen LogP contribution in [0.25, 0.3) is 10.9 Å². The third-order valence-electron chi connectivity index (χ3n) is 5.31. The Morgan fingerprint density at radius 2 is 2.03 bits per heavy atom. The van der Waals surface area contributed by atoms with E-state index in [1.165, 1.54) is 0 Å². The minimum atomic E-state index is 0.0546. The largest absolute Gasteiger partial charge is 0.489 e. The van der Waals surface area contributed by atoms with Gasteiger partial charge in [-0.2, -0.15) is 5.26 Å². The maximum Gasteiger partial charge on any atom is 0.122 e. The van der Waals surface area contributed by atoms with Gasteiger partial charge in [-0.05, 0) is 49.2 Å². The molecule has 1 aliphatic rings. The fourth-order valence-corrected chi connectivity index (χ4v) is 3.81. The molecule has 0 aliphatic carbocycles. The maximum atomic E-state index is 8.98. The van der Waals surface area contributed by atoms with E-state index < -0.39 is 0 Å². The molecule has 6 nitrogen and oxygen atoms in total. The molecule has 6 heteroatoms. The molecule has 30 heavy (non-hydrogen) atoms. The van der Waals surface area contributed by atoms with Crippen LogP contribution in [0.2, 0.25) is 0 Å². The van der Waals surface area contributed by atoms with Crippen molar-refractivity contribution in [2.24, 2.45) is 0 Å². The molecule has 1 aromatic heterocycles. The Balaban J connectivity index is 1.51. The summed E-state index contributed by atoms with van der Waals surface area (Å²) in [5.74, 6) is 0.765. The summed E-state index contributed by atoms with van der Waals surface area (Å²) in [4.78, 5) is 7.04. The van der Waals surface area contributed by atoms with Crippen molar-refractivity contribution in [1.82, 2.24) is 4.98 Å². The van der Waals surface area contributed by atoms with Crippen LogP contribution in [0.5, 0.6) is 5.75 Å². The second-order valence-corrected chi connectivity index (χ2v) is 7.51. The predicted octanol–water partition coefficient (Wildman–Crippen LogP) is 3.58. The summed E-state index contributed by atoms with van der Waals surface area (Å²) < 4.78 is 11.7. The van der Waals surface area contributed by atoms with Crippen LogP contribution >= 0.6 is 0 Å². The van der Waals surface area contributed by atoms with Crippen LogP contribution in [-0.4, -0.2) is 42.5 Å². The molecule has 154 valence electrons. The fraction of sp³-hybridized carbons (Fsp3) is 0.333. The molecule has 0 bridgehead atoms. The minimum Gasteiger partial charge on any atom is -0.489 e. The van der Waals surface area contributed by atoms with E-state index in [0.717, 1.165) is 53.1 Å². The lowest BCUT2D eigenvalue weighted by molar-refractivity contribution is 0.0411. The highest BCUT2D eigenvalue weighted by molar-refractivity contribution is 5.93. The first-order valence-corrected chi connectivity index (χ1v) is 10.2. The second kappa shape index (κ2) is 9.12. The Labute approximate surface area is 176 Å². The third kappa shape index (κ3) is 4.54. The van der Waals surface area contributed by atoms with Crippen LogP contribution in [0.3, 0.4) is 0 Å². The lowest BCUT2D eigenvalue weighted by atomic mass is 10.1. The monoisotopic (exact) mass is 403 g/mol. The van der Waals surface area contributed by atoms with Crippen molar-refractivity contribution in [2.45, 2.75) is 26.1 Å². The molecule has 2 heterocycles. The summed E-state index contributed by atoms with van der Waals surface area (Å²) in [6, 6.07) is 17.7. The van der Waals surface area contributed by atoms with Crippen LogP contribution in [0.4, 0.5) is 5.69 Å². The molecule has 1 aliphatic heterocycles. The second-order valence-electron chi connectivity index (χ2n) is 7.51. The summed E-state index contributed by atoms with van der Waals surface area (Å²) in [6.45, 7) is 4.61. The Morgan fingerprint density at radius 1 is 1.20 bits per heavy atom. The van der Waals surface area contributed by atoms with Crippen molar-refractivity contribution >= 4 is 16.6 Å². The van der Waals surface area contributed by atoms with E-state index in [-0.39, 0.29) is 12.7 Å². The molecular weight excluding hydrogens is 378 g/mol. The van der Waals surface area contributed by atoms with E-state index in [0.29, 0.717) is 18.8 Å². The number of fused-ring (bicyclic) bond motifs is 1. The van der Waals surface area contributed by atoms with Gasteiger partial charge in [-0.25, -0.2) is 0 Å². The molecule has 1 fully saturated rings. The number of nitriles is 1. The molecular formula is C24H25N3O3. The number of aromatic nitrogens is 1. The van der Waals surface area contributed by atoms with E-state index in [1.807, 2.05) is 31.2 Å². The van der Waals surface area contributed by atoms with Crippen molar-refractivity contribution in [3.05, 3.63) is 65.4 Å². The SMILES string of the molecule is Cc1cc(N2CC[C@H](OCCO)C2)c2ccc(OCc3ccc(C#N)cc3)cc2n1. The van der Waals surface area contributed by atoms with Gasteiger partial charge in [0.15, 0.2) is 0 Å². The average Bonchev–Trinajstić information content (AvgIpc) is 3.24. The van der Waals surface area contributed by atoms with Gasteiger partial charge >= 0.3 is 0 Å². The highest BCUT2D eigenvalue weighted by Crippen LogP contribution is 2.32. The van der Waals surface area contributed by atoms with Gasteiger partial charge in [0.05, 0.1) is 36.5 Å². The molecule has 0 spiro atoms. The van der Waals surface area contributed by atoms with E-state index in [9.17, 15) is 0 Å². The van der Waals surface area contributed by atoms with Crippen LogP contribution in [0.15, 0.2) is 48.5 Å². The zero-order valence-electron chi connectivity index (χ0n) is 17.0. The maximum absolute atomic E-state index is 8.98. The van der Waals surface area contributed by atoms with E-state index in [4.69, 9.17) is 24.8 Å². The van der Waals surface area contributed by atoms with E-state index in [2.05, 4.69) is 23.1 Å². The van der Waals surface area contributed by atoms with Gasteiger partial charge in [0.2, 0.25) is 0 Å². The molecule has 0 amide bonds. The summed E-state index contributed by atoms with van der Waals surface area (Å²) in [5.41, 5.74) is 4.68. The van der Waals surface area contributed by atoms with Gasteiger partial charge in [0.1, 0.15) is 12.4 Å².